The van der Waals surface area contributed by atoms with Crippen molar-refractivity contribution in [1.82, 2.24) is 10.3 Å². The number of rotatable bonds is 7. The van der Waals surface area contributed by atoms with Gasteiger partial charge in [-0.1, -0.05) is 13.8 Å². The molecule has 0 radical (unpaired) electrons. The molecule has 1 aromatic carbocycles. The third kappa shape index (κ3) is 7.42. The summed E-state index contributed by atoms with van der Waals surface area (Å²) in [5.41, 5.74) is 6.87. The molecule has 25 heavy (non-hydrogen) atoms. The van der Waals surface area contributed by atoms with Crippen LogP contribution in [0.4, 0.5) is 4.39 Å². The fraction of sp³-hybridized carbons (Fsp3) is 0.412. The molecule has 1 aromatic heterocycles. The zero-order valence-electron chi connectivity index (χ0n) is 14.2. The molecule has 1 amide bonds. The van der Waals surface area contributed by atoms with Gasteiger partial charge >= 0.3 is 0 Å². The van der Waals surface area contributed by atoms with E-state index in [9.17, 15) is 9.18 Å². The third-order valence-corrected chi connectivity index (χ3v) is 3.39. The number of nitrogens with zero attached hydrogens (tertiary/aromatic N) is 1. The fourth-order valence-corrected chi connectivity index (χ4v) is 2.34. The molecule has 0 saturated heterocycles. The van der Waals surface area contributed by atoms with Gasteiger partial charge in [0, 0.05) is 18.2 Å². The van der Waals surface area contributed by atoms with Gasteiger partial charge in [0.05, 0.1) is 12.1 Å². The minimum absolute atomic E-state index is 0. The van der Waals surface area contributed by atoms with Crippen molar-refractivity contribution in [3.8, 4) is 11.5 Å². The van der Waals surface area contributed by atoms with Crippen LogP contribution in [0.3, 0.4) is 0 Å². The molecule has 0 bridgehead atoms. The summed E-state index contributed by atoms with van der Waals surface area (Å²) in [6.07, 6.45) is 2.40. The first-order valence-electron chi connectivity index (χ1n) is 7.67. The predicted octanol–water partition coefficient (Wildman–Crippen LogP) is 3.36. The predicted molar refractivity (Wildman–Crippen MR) is 101 cm³/mol. The Morgan fingerprint density at radius 1 is 1.28 bits per heavy atom. The zero-order valence-corrected chi connectivity index (χ0v) is 15.8. The normalized spacial score (nSPS) is 11.4. The van der Waals surface area contributed by atoms with Gasteiger partial charge in [-0.15, -0.1) is 24.8 Å². The highest BCUT2D eigenvalue weighted by Gasteiger charge is 2.15. The second kappa shape index (κ2) is 11.1. The summed E-state index contributed by atoms with van der Waals surface area (Å²) in [6.45, 7) is 4.58. The maximum absolute atomic E-state index is 12.9. The summed E-state index contributed by atoms with van der Waals surface area (Å²) in [4.78, 5) is 16.3. The van der Waals surface area contributed by atoms with Gasteiger partial charge in [0.1, 0.15) is 12.1 Å². The van der Waals surface area contributed by atoms with Gasteiger partial charge in [-0.3, -0.25) is 4.79 Å². The number of aromatic nitrogens is 1. The lowest BCUT2D eigenvalue weighted by Gasteiger charge is -2.18. The van der Waals surface area contributed by atoms with Gasteiger partial charge in [-0.2, -0.15) is 0 Å². The van der Waals surface area contributed by atoms with E-state index < -0.39 is 0 Å². The van der Waals surface area contributed by atoms with Crippen molar-refractivity contribution in [2.45, 2.75) is 32.7 Å². The van der Waals surface area contributed by atoms with E-state index in [4.69, 9.17) is 10.2 Å². The van der Waals surface area contributed by atoms with Crippen LogP contribution in [0, 0.1) is 11.7 Å². The van der Waals surface area contributed by atoms with Gasteiger partial charge in [0.25, 0.3) is 0 Å². The lowest BCUT2D eigenvalue weighted by molar-refractivity contribution is -0.121. The maximum atomic E-state index is 12.9. The van der Waals surface area contributed by atoms with Crippen LogP contribution in [0.15, 0.2) is 34.9 Å². The molecule has 1 unspecified atom stereocenters. The molecular formula is C17H24Cl2FN3O2. The summed E-state index contributed by atoms with van der Waals surface area (Å²) in [7, 11) is 0. The van der Waals surface area contributed by atoms with Crippen LogP contribution in [-0.2, 0) is 11.2 Å². The molecule has 3 N–H and O–H groups in total. The Morgan fingerprint density at radius 3 is 2.48 bits per heavy atom. The Labute approximate surface area is 159 Å². The number of hydrogen-bond acceptors (Lipinski definition) is 4. The van der Waals surface area contributed by atoms with E-state index in [1.807, 2.05) is 0 Å². The lowest BCUT2D eigenvalue weighted by atomic mass is 10.0. The topological polar surface area (TPSA) is 81.1 Å². The van der Waals surface area contributed by atoms with Crippen LogP contribution in [0.25, 0.3) is 11.5 Å². The number of nitrogens with one attached hydrogen (secondary N) is 1. The van der Waals surface area contributed by atoms with Crippen LogP contribution in [-0.4, -0.2) is 23.5 Å². The first-order chi connectivity index (χ1) is 11.0. The average molecular weight is 392 g/mol. The average Bonchev–Trinajstić information content (AvgIpc) is 2.95. The lowest BCUT2D eigenvalue weighted by Crippen LogP contribution is -2.41. The summed E-state index contributed by atoms with van der Waals surface area (Å²) in [6, 6.07) is 5.80. The van der Waals surface area contributed by atoms with E-state index in [1.54, 1.807) is 12.1 Å². The molecule has 0 aliphatic carbocycles. The Hall–Kier alpha value is -1.63. The standard InChI is InChI=1S/C17H22FN3O2.2ClH/c1-11(2)7-14(9-19)20-16(22)8-15-10-23-17(21-15)12-3-5-13(18)6-4-12;;/h3-6,10-11,14H,7-9,19H2,1-2H3,(H,20,22);2*1H. The van der Waals surface area contributed by atoms with Gasteiger partial charge < -0.3 is 15.5 Å². The highest BCUT2D eigenvalue weighted by molar-refractivity contribution is 5.85. The molecule has 2 aromatic rings. The van der Waals surface area contributed by atoms with E-state index in [0.717, 1.165) is 6.42 Å². The van der Waals surface area contributed by atoms with E-state index in [-0.39, 0.29) is 49.0 Å². The second-order valence-corrected chi connectivity index (χ2v) is 5.96. The van der Waals surface area contributed by atoms with Crippen LogP contribution in [0.5, 0.6) is 0 Å². The summed E-state index contributed by atoms with van der Waals surface area (Å²) in [5, 5.41) is 2.91. The van der Waals surface area contributed by atoms with E-state index in [0.29, 0.717) is 29.6 Å². The van der Waals surface area contributed by atoms with E-state index in [1.165, 1.54) is 18.4 Å². The monoisotopic (exact) mass is 391 g/mol. The van der Waals surface area contributed by atoms with Crippen molar-refractivity contribution in [2.24, 2.45) is 11.7 Å². The van der Waals surface area contributed by atoms with Crippen molar-refractivity contribution < 1.29 is 13.6 Å². The van der Waals surface area contributed by atoms with Crippen LogP contribution >= 0.6 is 24.8 Å². The number of benzene rings is 1. The number of carbonyl (C=O) groups excluding carboxylic acids is 1. The van der Waals surface area contributed by atoms with Crippen LogP contribution < -0.4 is 11.1 Å². The smallest absolute Gasteiger partial charge is 0.226 e. The molecule has 2 rings (SSSR count). The van der Waals surface area contributed by atoms with Gasteiger partial charge in [0.15, 0.2) is 0 Å². The van der Waals surface area contributed by atoms with E-state index >= 15 is 0 Å². The minimum Gasteiger partial charge on any atom is -0.444 e. The fourth-order valence-electron chi connectivity index (χ4n) is 2.34. The molecule has 5 nitrogen and oxygen atoms in total. The summed E-state index contributed by atoms with van der Waals surface area (Å²) < 4.78 is 18.3. The van der Waals surface area contributed by atoms with Crippen LogP contribution in [0.2, 0.25) is 0 Å². The van der Waals surface area contributed by atoms with Crippen molar-refractivity contribution >= 4 is 30.7 Å². The second-order valence-electron chi connectivity index (χ2n) is 5.96. The highest BCUT2D eigenvalue weighted by Crippen LogP contribution is 2.19. The van der Waals surface area contributed by atoms with Crippen molar-refractivity contribution in [3.63, 3.8) is 0 Å². The maximum Gasteiger partial charge on any atom is 0.226 e. The van der Waals surface area contributed by atoms with Crippen molar-refractivity contribution in [3.05, 3.63) is 42.0 Å². The molecule has 0 saturated carbocycles. The molecule has 0 spiro atoms. The molecule has 0 fully saturated rings. The first kappa shape index (κ1) is 23.4. The SMILES string of the molecule is CC(C)CC(CN)NC(=O)Cc1coc(-c2ccc(F)cc2)n1.Cl.Cl. The Bertz CT molecular complexity index is 648. The Balaban J connectivity index is 0.00000288. The largest absolute Gasteiger partial charge is 0.444 e. The molecular weight excluding hydrogens is 368 g/mol. The summed E-state index contributed by atoms with van der Waals surface area (Å²) >= 11 is 0. The van der Waals surface area contributed by atoms with Crippen molar-refractivity contribution in [2.75, 3.05) is 6.54 Å². The first-order valence-corrected chi connectivity index (χ1v) is 7.67. The molecule has 1 atom stereocenters. The van der Waals surface area contributed by atoms with Crippen molar-refractivity contribution in [1.29, 1.82) is 0 Å². The molecule has 140 valence electrons. The number of hydrogen-bond donors (Lipinski definition) is 2. The minimum atomic E-state index is -0.321. The van der Waals surface area contributed by atoms with Gasteiger partial charge in [-0.25, -0.2) is 9.37 Å². The number of nitrogens with two attached hydrogens (primary N) is 1. The zero-order chi connectivity index (χ0) is 16.8. The van der Waals surface area contributed by atoms with E-state index in [2.05, 4.69) is 24.1 Å². The van der Waals surface area contributed by atoms with Gasteiger partial charge in [0.2, 0.25) is 11.8 Å². The van der Waals surface area contributed by atoms with Gasteiger partial charge in [-0.05, 0) is 36.6 Å². The quantitative estimate of drug-likeness (QED) is 0.757. The third-order valence-electron chi connectivity index (χ3n) is 3.39. The molecule has 1 heterocycles. The highest BCUT2D eigenvalue weighted by atomic mass is 35.5. The summed E-state index contributed by atoms with van der Waals surface area (Å²) in [5.74, 6) is 0.365. The molecule has 8 heteroatoms. The Kier molecular flexibility index (Phi) is 10.4. The van der Waals surface area contributed by atoms with Crippen LogP contribution in [0.1, 0.15) is 26.0 Å². The molecule has 0 aliphatic heterocycles. The molecule has 0 aliphatic rings. The number of amides is 1. The Morgan fingerprint density at radius 2 is 1.92 bits per heavy atom. The number of oxazole rings is 1. The number of halogens is 3. The number of carbonyl (C=O) groups is 1.